The summed E-state index contributed by atoms with van der Waals surface area (Å²) in [6.07, 6.45) is 0. The Labute approximate surface area is 109 Å². The molecule has 18 heavy (non-hydrogen) atoms. The molecule has 1 aromatic rings. The van der Waals surface area contributed by atoms with Crippen molar-refractivity contribution in [2.45, 2.75) is 53.1 Å². The van der Waals surface area contributed by atoms with Crippen molar-refractivity contribution in [3.05, 3.63) is 29.3 Å². The second-order valence-electron chi connectivity index (χ2n) is 5.74. The van der Waals surface area contributed by atoms with Crippen LogP contribution in [0.4, 0.5) is 0 Å². The summed E-state index contributed by atoms with van der Waals surface area (Å²) in [5.74, 6) is 0.961. The molecular weight excluding hydrogens is 228 g/mol. The molecule has 0 aliphatic heterocycles. The number of Topliss-reactive ketones (excluding diaryl/α,β-unsaturated/α-hetero) is 1. The molecule has 0 aliphatic rings. The smallest absolute Gasteiger partial charge is 0.165 e. The van der Waals surface area contributed by atoms with Gasteiger partial charge in [0.2, 0.25) is 0 Å². The maximum atomic E-state index is 11.5. The number of ketones is 1. The summed E-state index contributed by atoms with van der Waals surface area (Å²) in [6.45, 7) is 11.4. The minimum absolute atomic E-state index is 0.0713. The van der Waals surface area contributed by atoms with Gasteiger partial charge in [-0.25, -0.2) is 0 Å². The Kier molecular flexibility index (Phi) is 4.52. The SMILES string of the molecule is CC(=O)c1ccc(OOC(C)(C)C)cc1C(C)C. The molecule has 0 aliphatic carbocycles. The van der Waals surface area contributed by atoms with Crippen LogP contribution in [0.25, 0.3) is 0 Å². The standard InChI is InChI=1S/C15H22O3/c1-10(2)14-9-12(17-18-15(4,5)6)7-8-13(14)11(3)16/h7-10H,1-6H3. The van der Waals surface area contributed by atoms with Crippen molar-refractivity contribution >= 4 is 5.78 Å². The van der Waals surface area contributed by atoms with Gasteiger partial charge in [0.15, 0.2) is 11.5 Å². The molecule has 0 fully saturated rings. The fourth-order valence-electron chi connectivity index (χ4n) is 1.56. The van der Waals surface area contributed by atoms with Crippen LogP contribution in [0.5, 0.6) is 5.75 Å². The Morgan fingerprint density at radius 1 is 1.22 bits per heavy atom. The van der Waals surface area contributed by atoms with Crippen molar-refractivity contribution in [3.63, 3.8) is 0 Å². The Hall–Kier alpha value is -1.35. The fraction of sp³-hybridized carbons (Fsp3) is 0.533. The van der Waals surface area contributed by atoms with E-state index in [0.717, 1.165) is 11.1 Å². The number of hydrogen-bond acceptors (Lipinski definition) is 3. The van der Waals surface area contributed by atoms with Gasteiger partial charge in [-0.3, -0.25) is 4.79 Å². The van der Waals surface area contributed by atoms with E-state index in [1.807, 2.05) is 26.8 Å². The van der Waals surface area contributed by atoms with Crippen molar-refractivity contribution in [3.8, 4) is 5.75 Å². The van der Waals surface area contributed by atoms with Crippen LogP contribution in [0.15, 0.2) is 18.2 Å². The number of hydrogen-bond donors (Lipinski definition) is 0. The highest BCUT2D eigenvalue weighted by molar-refractivity contribution is 5.95. The summed E-state index contributed by atoms with van der Waals surface area (Å²) in [5, 5.41) is 0. The lowest BCUT2D eigenvalue weighted by molar-refractivity contribution is -0.274. The predicted octanol–water partition coefficient (Wildman–Crippen LogP) is 4.12. The summed E-state index contributed by atoms with van der Waals surface area (Å²) in [7, 11) is 0. The molecule has 0 aromatic heterocycles. The third-order valence-electron chi connectivity index (χ3n) is 2.41. The maximum Gasteiger partial charge on any atom is 0.165 e. The summed E-state index contributed by atoms with van der Waals surface area (Å²) >= 11 is 0. The van der Waals surface area contributed by atoms with Gasteiger partial charge in [0.25, 0.3) is 0 Å². The van der Waals surface area contributed by atoms with E-state index in [4.69, 9.17) is 9.78 Å². The summed E-state index contributed by atoms with van der Waals surface area (Å²) in [5.41, 5.74) is 1.36. The minimum atomic E-state index is -0.364. The Balaban J connectivity index is 2.97. The molecule has 0 radical (unpaired) electrons. The molecule has 3 heteroatoms. The average Bonchev–Trinajstić information content (AvgIpc) is 2.24. The molecule has 0 heterocycles. The van der Waals surface area contributed by atoms with Crippen LogP contribution in [0.3, 0.4) is 0 Å². The third-order valence-corrected chi connectivity index (χ3v) is 2.41. The van der Waals surface area contributed by atoms with E-state index in [-0.39, 0.29) is 17.3 Å². The molecular formula is C15H22O3. The first-order valence-electron chi connectivity index (χ1n) is 6.21. The summed E-state index contributed by atoms with van der Waals surface area (Å²) in [4.78, 5) is 22.1. The molecule has 1 rings (SSSR count). The number of rotatable bonds is 4. The fourth-order valence-corrected chi connectivity index (χ4v) is 1.56. The predicted molar refractivity (Wildman–Crippen MR) is 72.0 cm³/mol. The van der Waals surface area contributed by atoms with Crippen molar-refractivity contribution in [1.29, 1.82) is 0 Å². The van der Waals surface area contributed by atoms with Crippen LogP contribution >= 0.6 is 0 Å². The summed E-state index contributed by atoms with van der Waals surface area (Å²) in [6, 6.07) is 5.42. The Bertz CT molecular complexity index is 428. The van der Waals surface area contributed by atoms with E-state index < -0.39 is 0 Å². The van der Waals surface area contributed by atoms with E-state index in [1.54, 1.807) is 19.1 Å². The van der Waals surface area contributed by atoms with E-state index in [1.165, 1.54) is 0 Å². The Morgan fingerprint density at radius 2 is 1.83 bits per heavy atom. The largest absolute Gasteiger partial charge is 0.337 e. The van der Waals surface area contributed by atoms with Crippen LogP contribution in [0.2, 0.25) is 0 Å². The molecule has 100 valence electrons. The first-order chi connectivity index (χ1) is 8.20. The molecule has 0 N–H and O–H groups in total. The van der Waals surface area contributed by atoms with Crippen molar-refractivity contribution in [2.24, 2.45) is 0 Å². The van der Waals surface area contributed by atoms with Gasteiger partial charge in [0.05, 0.1) is 0 Å². The first-order valence-corrected chi connectivity index (χ1v) is 6.21. The van der Waals surface area contributed by atoms with Gasteiger partial charge < -0.3 is 4.89 Å². The summed E-state index contributed by atoms with van der Waals surface area (Å²) < 4.78 is 0. The molecule has 3 nitrogen and oxygen atoms in total. The lowest BCUT2D eigenvalue weighted by Crippen LogP contribution is -2.21. The Morgan fingerprint density at radius 3 is 2.28 bits per heavy atom. The zero-order valence-electron chi connectivity index (χ0n) is 12.0. The zero-order chi connectivity index (χ0) is 13.9. The van der Waals surface area contributed by atoms with E-state index >= 15 is 0 Å². The van der Waals surface area contributed by atoms with Gasteiger partial charge in [-0.2, -0.15) is 4.89 Å². The third kappa shape index (κ3) is 4.15. The monoisotopic (exact) mass is 250 g/mol. The van der Waals surface area contributed by atoms with E-state index in [2.05, 4.69) is 13.8 Å². The van der Waals surface area contributed by atoms with Crippen LogP contribution in [-0.4, -0.2) is 11.4 Å². The molecule has 0 unspecified atom stereocenters. The van der Waals surface area contributed by atoms with E-state index in [0.29, 0.717) is 5.75 Å². The number of carbonyl (C=O) groups is 1. The lowest BCUT2D eigenvalue weighted by atomic mass is 9.95. The van der Waals surface area contributed by atoms with Gasteiger partial charge in [-0.15, -0.1) is 0 Å². The molecule has 0 amide bonds. The van der Waals surface area contributed by atoms with Crippen molar-refractivity contribution < 1.29 is 14.6 Å². The van der Waals surface area contributed by atoms with Crippen LogP contribution < -0.4 is 4.89 Å². The highest BCUT2D eigenvalue weighted by atomic mass is 17.2. The molecule has 0 saturated heterocycles. The number of benzene rings is 1. The van der Waals surface area contributed by atoms with Gasteiger partial charge in [0.1, 0.15) is 5.60 Å². The maximum absolute atomic E-state index is 11.5. The second kappa shape index (κ2) is 5.53. The first kappa shape index (κ1) is 14.7. The second-order valence-corrected chi connectivity index (χ2v) is 5.74. The van der Waals surface area contributed by atoms with E-state index in [9.17, 15) is 4.79 Å². The minimum Gasteiger partial charge on any atom is -0.337 e. The molecule has 0 saturated carbocycles. The van der Waals surface area contributed by atoms with Crippen molar-refractivity contribution in [1.82, 2.24) is 0 Å². The van der Waals surface area contributed by atoms with Crippen LogP contribution in [-0.2, 0) is 4.89 Å². The highest BCUT2D eigenvalue weighted by Gasteiger charge is 2.15. The molecule has 0 bridgehead atoms. The van der Waals surface area contributed by atoms with Crippen LogP contribution in [0.1, 0.15) is 63.4 Å². The van der Waals surface area contributed by atoms with Gasteiger partial charge in [-0.1, -0.05) is 13.8 Å². The molecule has 0 atom stereocenters. The zero-order valence-corrected chi connectivity index (χ0v) is 12.0. The van der Waals surface area contributed by atoms with Gasteiger partial charge in [0, 0.05) is 5.56 Å². The highest BCUT2D eigenvalue weighted by Crippen LogP contribution is 2.26. The topological polar surface area (TPSA) is 35.5 Å². The van der Waals surface area contributed by atoms with Crippen LogP contribution in [0, 0.1) is 0 Å². The normalized spacial score (nSPS) is 11.7. The van der Waals surface area contributed by atoms with Gasteiger partial charge in [-0.05, 0) is 57.4 Å². The van der Waals surface area contributed by atoms with Gasteiger partial charge >= 0.3 is 0 Å². The average molecular weight is 250 g/mol. The lowest BCUT2D eigenvalue weighted by Gasteiger charge is -2.19. The van der Waals surface area contributed by atoms with Crippen molar-refractivity contribution in [2.75, 3.05) is 0 Å². The molecule has 1 aromatic carbocycles. The number of carbonyl (C=O) groups excluding carboxylic acids is 1. The quantitative estimate of drug-likeness (QED) is 0.458. The molecule has 0 spiro atoms.